The molecule has 0 radical (unpaired) electrons. The van der Waals surface area contributed by atoms with Gasteiger partial charge in [-0.3, -0.25) is 0 Å². The Kier molecular flexibility index (Phi) is 2.45. The Hall–Kier alpha value is -0.120. The molecule has 3 heteroatoms. The third-order valence-corrected chi connectivity index (χ3v) is 1.80. The van der Waals surface area contributed by atoms with Crippen LogP contribution in [-0.4, -0.2) is 38.0 Å². The average Bonchev–Trinajstić information content (AvgIpc) is 2.33. The maximum Gasteiger partial charge on any atom is 0.0624 e. The van der Waals surface area contributed by atoms with E-state index in [-0.39, 0.29) is 6.61 Å². The first-order chi connectivity index (χ1) is 4.38. The van der Waals surface area contributed by atoms with Gasteiger partial charge in [-0.05, 0) is 7.05 Å². The van der Waals surface area contributed by atoms with E-state index in [1.807, 2.05) is 7.05 Å². The molecular weight excluding hydrogens is 118 g/mol. The van der Waals surface area contributed by atoms with Crippen LogP contribution in [0, 0.1) is 5.92 Å². The molecule has 0 amide bonds. The van der Waals surface area contributed by atoms with Crippen LogP contribution in [0.25, 0.3) is 0 Å². The van der Waals surface area contributed by atoms with Gasteiger partial charge >= 0.3 is 0 Å². The molecule has 1 saturated heterocycles. The molecule has 0 aromatic carbocycles. The molecule has 1 rings (SSSR count). The Bertz CT molecular complexity index is 77.1. The molecule has 54 valence electrons. The van der Waals surface area contributed by atoms with E-state index in [0.29, 0.717) is 18.6 Å². The number of rotatable bonds is 2. The predicted octanol–water partition coefficient (Wildman–Crippen LogP) is -0.787. The zero-order valence-corrected chi connectivity index (χ0v) is 5.63. The van der Waals surface area contributed by atoms with Gasteiger partial charge in [-0.25, -0.2) is 0 Å². The van der Waals surface area contributed by atoms with Crippen LogP contribution in [0.4, 0.5) is 0 Å². The lowest BCUT2D eigenvalue weighted by Crippen LogP contribution is -2.34. The van der Waals surface area contributed by atoms with Crippen molar-refractivity contribution >= 4 is 0 Å². The van der Waals surface area contributed by atoms with Crippen LogP contribution in [0.15, 0.2) is 0 Å². The lowest BCUT2D eigenvalue weighted by atomic mass is 10.1. The molecule has 0 aliphatic carbocycles. The molecule has 0 unspecified atom stereocenters. The number of ether oxygens (including phenoxy) is 1. The molecule has 1 aliphatic heterocycles. The minimum atomic E-state index is 0.228. The molecule has 1 heterocycles. The van der Waals surface area contributed by atoms with Crippen molar-refractivity contribution in [3.05, 3.63) is 0 Å². The minimum absolute atomic E-state index is 0.228. The van der Waals surface area contributed by atoms with Gasteiger partial charge < -0.3 is 15.2 Å². The van der Waals surface area contributed by atoms with Crippen LogP contribution in [-0.2, 0) is 4.74 Å². The highest BCUT2D eigenvalue weighted by Crippen LogP contribution is 2.11. The van der Waals surface area contributed by atoms with Crippen LogP contribution < -0.4 is 5.32 Å². The number of hydrogen-bond acceptors (Lipinski definition) is 3. The van der Waals surface area contributed by atoms with Crippen molar-refractivity contribution in [3.8, 4) is 0 Å². The predicted molar refractivity (Wildman–Crippen MR) is 34.2 cm³/mol. The van der Waals surface area contributed by atoms with Gasteiger partial charge in [0, 0.05) is 18.6 Å². The van der Waals surface area contributed by atoms with Gasteiger partial charge in [-0.1, -0.05) is 0 Å². The number of nitrogens with one attached hydrogen (secondary N) is 1. The molecular formula is C6H13NO2. The topological polar surface area (TPSA) is 41.5 Å². The standard InChI is InChI=1S/C6H13NO2/c1-7-6-4-9-3-5(6)2-8/h5-8H,2-4H2,1H3/t5-,6+/m0/s1. The zero-order valence-electron chi connectivity index (χ0n) is 5.63. The molecule has 0 saturated carbocycles. The van der Waals surface area contributed by atoms with Crippen molar-refractivity contribution in [2.45, 2.75) is 6.04 Å². The first kappa shape index (κ1) is 6.99. The van der Waals surface area contributed by atoms with Crippen molar-refractivity contribution < 1.29 is 9.84 Å². The summed E-state index contributed by atoms with van der Waals surface area (Å²) in [4.78, 5) is 0. The Labute approximate surface area is 55.0 Å². The van der Waals surface area contributed by atoms with Crippen molar-refractivity contribution in [2.24, 2.45) is 5.92 Å². The minimum Gasteiger partial charge on any atom is -0.396 e. The third kappa shape index (κ3) is 1.41. The average molecular weight is 131 g/mol. The van der Waals surface area contributed by atoms with Crippen LogP contribution in [0.3, 0.4) is 0 Å². The summed E-state index contributed by atoms with van der Waals surface area (Å²) in [5, 5.41) is 11.8. The Morgan fingerprint density at radius 1 is 1.67 bits per heavy atom. The smallest absolute Gasteiger partial charge is 0.0624 e. The molecule has 0 aromatic rings. The van der Waals surface area contributed by atoms with Gasteiger partial charge in [-0.15, -0.1) is 0 Å². The second-order valence-corrected chi connectivity index (χ2v) is 2.38. The van der Waals surface area contributed by atoms with E-state index >= 15 is 0 Å². The Morgan fingerprint density at radius 3 is 2.89 bits per heavy atom. The van der Waals surface area contributed by atoms with E-state index < -0.39 is 0 Å². The second-order valence-electron chi connectivity index (χ2n) is 2.38. The zero-order chi connectivity index (χ0) is 6.69. The number of likely N-dealkylation sites (N-methyl/N-ethyl adjacent to an activating group) is 1. The maximum atomic E-state index is 8.75. The normalized spacial score (nSPS) is 35.3. The summed E-state index contributed by atoms with van der Waals surface area (Å²) in [6, 6.07) is 0.356. The largest absolute Gasteiger partial charge is 0.396 e. The first-order valence-electron chi connectivity index (χ1n) is 3.24. The highest BCUT2D eigenvalue weighted by Gasteiger charge is 2.25. The van der Waals surface area contributed by atoms with Gasteiger partial charge in [-0.2, -0.15) is 0 Å². The number of hydrogen-bond donors (Lipinski definition) is 2. The van der Waals surface area contributed by atoms with Gasteiger partial charge in [0.15, 0.2) is 0 Å². The summed E-state index contributed by atoms with van der Waals surface area (Å²) in [6.07, 6.45) is 0. The van der Waals surface area contributed by atoms with Crippen LogP contribution in [0.2, 0.25) is 0 Å². The summed E-state index contributed by atoms with van der Waals surface area (Å²) in [7, 11) is 1.89. The quantitative estimate of drug-likeness (QED) is 0.516. The van der Waals surface area contributed by atoms with Crippen molar-refractivity contribution in [3.63, 3.8) is 0 Å². The maximum absolute atomic E-state index is 8.75. The van der Waals surface area contributed by atoms with E-state index in [9.17, 15) is 0 Å². The van der Waals surface area contributed by atoms with E-state index in [1.165, 1.54) is 0 Å². The molecule has 0 aromatic heterocycles. The molecule has 9 heavy (non-hydrogen) atoms. The second kappa shape index (κ2) is 3.15. The fourth-order valence-corrected chi connectivity index (χ4v) is 1.10. The third-order valence-electron chi connectivity index (χ3n) is 1.80. The van der Waals surface area contributed by atoms with Gasteiger partial charge in [0.05, 0.1) is 13.2 Å². The lowest BCUT2D eigenvalue weighted by molar-refractivity contribution is 0.160. The SMILES string of the molecule is CN[C@@H]1COC[C@@H]1CO. The molecule has 0 spiro atoms. The molecule has 0 bridgehead atoms. The molecule has 3 nitrogen and oxygen atoms in total. The summed E-state index contributed by atoms with van der Waals surface area (Å²) >= 11 is 0. The summed E-state index contributed by atoms with van der Waals surface area (Å²) in [5.74, 6) is 0.301. The number of aliphatic hydroxyl groups excluding tert-OH is 1. The van der Waals surface area contributed by atoms with Crippen molar-refractivity contribution in [1.82, 2.24) is 5.32 Å². The number of aliphatic hydroxyl groups is 1. The fraction of sp³-hybridized carbons (Fsp3) is 1.00. The molecule has 1 aliphatic rings. The van der Waals surface area contributed by atoms with Gasteiger partial charge in [0.1, 0.15) is 0 Å². The Balaban J connectivity index is 2.32. The van der Waals surface area contributed by atoms with Gasteiger partial charge in [0.25, 0.3) is 0 Å². The van der Waals surface area contributed by atoms with E-state index in [4.69, 9.17) is 9.84 Å². The summed E-state index contributed by atoms with van der Waals surface area (Å²) in [5.41, 5.74) is 0. The van der Waals surface area contributed by atoms with Crippen molar-refractivity contribution in [1.29, 1.82) is 0 Å². The van der Waals surface area contributed by atoms with Crippen LogP contribution >= 0.6 is 0 Å². The van der Waals surface area contributed by atoms with E-state index in [0.717, 1.165) is 6.61 Å². The highest BCUT2D eigenvalue weighted by molar-refractivity contribution is 4.78. The van der Waals surface area contributed by atoms with Crippen LogP contribution in [0.5, 0.6) is 0 Å². The Morgan fingerprint density at radius 2 is 2.44 bits per heavy atom. The summed E-state index contributed by atoms with van der Waals surface area (Å²) in [6.45, 7) is 1.66. The summed E-state index contributed by atoms with van der Waals surface area (Å²) < 4.78 is 5.13. The van der Waals surface area contributed by atoms with E-state index in [2.05, 4.69) is 5.32 Å². The van der Waals surface area contributed by atoms with E-state index in [1.54, 1.807) is 0 Å². The fourth-order valence-electron chi connectivity index (χ4n) is 1.10. The lowest BCUT2D eigenvalue weighted by Gasteiger charge is -2.12. The molecule has 2 N–H and O–H groups in total. The van der Waals surface area contributed by atoms with Crippen molar-refractivity contribution in [2.75, 3.05) is 26.9 Å². The first-order valence-corrected chi connectivity index (χ1v) is 3.24. The van der Waals surface area contributed by atoms with Gasteiger partial charge in [0.2, 0.25) is 0 Å². The highest BCUT2D eigenvalue weighted by atomic mass is 16.5. The monoisotopic (exact) mass is 131 g/mol. The van der Waals surface area contributed by atoms with Crippen LogP contribution in [0.1, 0.15) is 0 Å². The molecule has 2 atom stereocenters. The molecule has 1 fully saturated rings.